The third kappa shape index (κ3) is 4.41. The van der Waals surface area contributed by atoms with Crippen molar-refractivity contribution in [2.45, 2.75) is 13.2 Å². The molecule has 0 radical (unpaired) electrons. The lowest BCUT2D eigenvalue weighted by molar-refractivity contribution is 0.107. The van der Waals surface area contributed by atoms with Gasteiger partial charge in [-0.3, -0.25) is 0 Å². The van der Waals surface area contributed by atoms with Crippen LogP contribution in [-0.4, -0.2) is 0 Å². The fourth-order valence-electron chi connectivity index (χ4n) is 1.45. The second-order valence-corrected chi connectivity index (χ2v) is 5.91. The van der Waals surface area contributed by atoms with Crippen molar-refractivity contribution in [3.05, 3.63) is 67.7 Å². The van der Waals surface area contributed by atoms with Gasteiger partial charge >= 0.3 is 0 Å². The van der Waals surface area contributed by atoms with E-state index in [-0.39, 0.29) is 0 Å². The highest BCUT2D eigenvalue weighted by Gasteiger charge is 1.96. The first-order valence-corrected chi connectivity index (χ1v) is 7.18. The summed E-state index contributed by atoms with van der Waals surface area (Å²) in [6.07, 6.45) is 0. The van der Waals surface area contributed by atoms with Gasteiger partial charge in [-0.2, -0.15) is 0 Å². The number of halogens is 2. The second-order valence-electron chi connectivity index (χ2n) is 3.75. The molecule has 0 unspecified atom stereocenters. The lowest BCUT2D eigenvalue weighted by atomic mass is 10.2. The minimum absolute atomic E-state index is 0.652. The highest BCUT2D eigenvalue weighted by atomic mass is 127. The van der Waals surface area contributed by atoms with Gasteiger partial charge in [0.1, 0.15) is 0 Å². The van der Waals surface area contributed by atoms with Crippen molar-refractivity contribution < 1.29 is 4.74 Å². The second kappa shape index (κ2) is 6.52. The van der Waals surface area contributed by atoms with E-state index in [0.717, 1.165) is 4.47 Å². The van der Waals surface area contributed by atoms with Gasteiger partial charge in [0.2, 0.25) is 0 Å². The molecule has 3 heteroatoms. The van der Waals surface area contributed by atoms with E-state index >= 15 is 0 Å². The Morgan fingerprint density at radius 3 is 1.82 bits per heavy atom. The first-order chi connectivity index (χ1) is 8.24. The van der Waals surface area contributed by atoms with Crippen molar-refractivity contribution in [2.24, 2.45) is 0 Å². The number of hydrogen-bond acceptors (Lipinski definition) is 1. The van der Waals surface area contributed by atoms with Crippen LogP contribution in [0.1, 0.15) is 11.1 Å². The zero-order chi connectivity index (χ0) is 12.1. The molecule has 0 aliphatic heterocycles. The van der Waals surface area contributed by atoms with E-state index in [1.807, 2.05) is 12.1 Å². The monoisotopic (exact) mass is 402 g/mol. The standard InChI is InChI=1S/C14H12BrIO/c15-13-5-1-11(2-6-13)9-17-10-12-3-7-14(16)8-4-12/h1-8H,9-10H2. The SMILES string of the molecule is Brc1ccc(COCc2ccc(I)cc2)cc1. The molecule has 0 saturated heterocycles. The van der Waals surface area contributed by atoms with Gasteiger partial charge in [0.15, 0.2) is 0 Å². The Labute approximate surface area is 123 Å². The average molecular weight is 403 g/mol. The van der Waals surface area contributed by atoms with Crippen molar-refractivity contribution in [3.63, 3.8) is 0 Å². The van der Waals surface area contributed by atoms with Crippen LogP contribution in [0, 0.1) is 3.57 Å². The van der Waals surface area contributed by atoms with E-state index in [1.54, 1.807) is 0 Å². The molecule has 0 aromatic heterocycles. The van der Waals surface area contributed by atoms with E-state index in [0.29, 0.717) is 13.2 Å². The Balaban J connectivity index is 1.83. The highest BCUT2D eigenvalue weighted by molar-refractivity contribution is 14.1. The smallest absolute Gasteiger partial charge is 0.0721 e. The third-order valence-electron chi connectivity index (χ3n) is 2.36. The fraction of sp³-hybridized carbons (Fsp3) is 0.143. The Morgan fingerprint density at radius 2 is 1.29 bits per heavy atom. The van der Waals surface area contributed by atoms with Gasteiger partial charge in [0, 0.05) is 8.04 Å². The van der Waals surface area contributed by atoms with Crippen LogP contribution in [0.25, 0.3) is 0 Å². The largest absolute Gasteiger partial charge is 0.372 e. The fourth-order valence-corrected chi connectivity index (χ4v) is 2.07. The lowest BCUT2D eigenvalue weighted by Gasteiger charge is -2.05. The van der Waals surface area contributed by atoms with Crippen LogP contribution in [0.3, 0.4) is 0 Å². The van der Waals surface area contributed by atoms with Crippen LogP contribution in [0.4, 0.5) is 0 Å². The molecule has 0 heterocycles. The van der Waals surface area contributed by atoms with Crippen molar-refractivity contribution in [1.82, 2.24) is 0 Å². The Kier molecular flexibility index (Phi) is 5.00. The molecule has 0 N–H and O–H groups in total. The Morgan fingerprint density at radius 1 is 0.824 bits per heavy atom. The summed E-state index contributed by atoms with van der Waals surface area (Å²) in [5.41, 5.74) is 2.40. The first kappa shape index (κ1) is 13.1. The molecule has 2 rings (SSSR count). The molecule has 2 aromatic rings. The molecule has 0 fully saturated rings. The lowest BCUT2D eigenvalue weighted by Crippen LogP contribution is -1.94. The van der Waals surface area contributed by atoms with Crippen LogP contribution in [0.15, 0.2) is 53.0 Å². The third-order valence-corrected chi connectivity index (χ3v) is 3.61. The molecule has 0 bridgehead atoms. The van der Waals surface area contributed by atoms with E-state index in [4.69, 9.17) is 4.74 Å². The van der Waals surface area contributed by atoms with E-state index in [1.165, 1.54) is 14.7 Å². The van der Waals surface area contributed by atoms with E-state index in [2.05, 4.69) is 74.9 Å². The van der Waals surface area contributed by atoms with Crippen LogP contribution in [0.5, 0.6) is 0 Å². The first-order valence-electron chi connectivity index (χ1n) is 5.31. The van der Waals surface area contributed by atoms with Gasteiger partial charge < -0.3 is 4.74 Å². The molecule has 0 saturated carbocycles. The van der Waals surface area contributed by atoms with Gasteiger partial charge in [-0.25, -0.2) is 0 Å². The minimum atomic E-state index is 0.652. The average Bonchev–Trinajstić information content (AvgIpc) is 2.34. The van der Waals surface area contributed by atoms with Crippen LogP contribution in [-0.2, 0) is 18.0 Å². The molecule has 2 aromatic carbocycles. The van der Waals surface area contributed by atoms with Gasteiger partial charge in [-0.15, -0.1) is 0 Å². The summed E-state index contributed by atoms with van der Waals surface area (Å²) in [5, 5.41) is 0. The number of ether oxygens (including phenoxy) is 1. The molecule has 0 spiro atoms. The van der Waals surface area contributed by atoms with Crippen LogP contribution in [0.2, 0.25) is 0 Å². The summed E-state index contributed by atoms with van der Waals surface area (Å²) in [6.45, 7) is 1.31. The zero-order valence-electron chi connectivity index (χ0n) is 9.20. The normalized spacial score (nSPS) is 10.5. The molecule has 17 heavy (non-hydrogen) atoms. The summed E-state index contributed by atoms with van der Waals surface area (Å²) in [7, 11) is 0. The maximum Gasteiger partial charge on any atom is 0.0721 e. The predicted octanol–water partition coefficient (Wildman–Crippen LogP) is 4.77. The Bertz CT molecular complexity index is 419. The number of rotatable bonds is 4. The Hall–Kier alpha value is -0.390. The molecule has 0 aliphatic rings. The molecule has 88 valence electrons. The summed E-state index contributed by atoms with van der Waals surface area (Å²) < 4.78 is 8.01. The van der Waals surface area contributed by atoms with E-state index in [9.17, 15) is 0 Å². The maximum atomic E-state index is 5.67. The highest BCUT2D eigenvalue weighted by Crippen LogP contribution is 2.12. The summed E-state index contributed by atoms with van der Waals surface area (Å²) in [6, 6.07) is 16.6. The van der Waals surface area contributed by atoms with Crippen molar-refractivity contribution in [1.29, 1.82) is 0 Å². The van der Waals surface area contributed by atoms with Crippen molar-refractivity contribution in [2.75, 3.05) is 0 Å². The molecule has 1 nitrogen and oxygen atoms in total. The number of hydrogen-bond donors (Lipinski definition) is 0. The van der Waals surface area contributed by atoms with Crippen molar-refractivity contribution in [3.8, 4) is 0 Å². The van der Waals surface area contributed by atoms with Crippen LogP contribution < -0.4 is 0 Å². The molecule has 0 atom stereocenters. The predicted molar refractivity (Wildman–Crippen MR) is 81.8 cm³/mol. The zero-order valence-corrected chi connectivity index (χ0v) is 12.9. The molecular formula is C14H12BrIO. The summed E-state index contributed by atoms with van der Waals surface area (Å²) in [5.74, 6) is 0. The molecular weight excluding hydrogens is 391 g/mol. The topological polar surface area (TPSA) is 9.23 Å². The minimum Gasteiger partial charge on any atom is -0.372 e. The molecule has 0 amide bonds. The summed E-state index contributed by atoms with van der Waals surface area (Å²) >= 11 is 5.72. The van der Waals surface area contributed by atoms with Gasteiger partial charge in [0.05, 0.1) is 13.2 Å². The van der Waals surface area contributed by atoms with Gasteiger partial charge in [-0.05, 0) is 58.0 Å². The van der Waals surface area contributed by atoms with Crippen LogP contribution >= 0.6 is 38.5 Å². The van der Waals surface area contributed by atoms with Gasteiger partial charge in [0.25, 0.3) is 0 Å². The summed E-state index contributed by atoms with van der Waals surface area (Å²) in [4.78, 5) is 0. The number of benzene rings is 2. The van der Waals surface area contributed by atoms with E-state index < -0.39 is 0 Å². The van der Waals surface area contributed by atoms with Gasteiger partial charge in [-0.1, -0.05) is 40.2 Å². The quantitative estimate of drug-likeness (QED) is 0.669. The maximum absolute atomic E-state index is 5.67. The molecule has 0 aliphatic carbocycles. The van der Waals surface area contributed by atoms with Crippen molar-refractivity contribution >= 4 is 38.5 Å².